The van der Waals surface area contributed by atoms with Gasteiger partial charge in [0.25, 0.3) is 0 Å². The van der Waals surface area contributed by atoms with Gasteiger partial charge in [-0.25, -0.2) is 9.37 Å². The molecule has 6 heteroatoms. The fourth-order valence-electron chi connectivity index (χ4n) is 2.00. The highest BCUT2D eigenvalue weighted by Crippen LogP contribution is 2.27. The van der Waals surface area contributed by atoms with Crippen LogP contribution >= 0.6 is 0 Å². The molecule has 0 spiro atoms. The van der Waals surface area contributed by atoms with Crippen LogP contribution in [0.5, 0.6) is 5.75 Å². The molecule has 3 aromatic rings. The van der Waals surface area contributed by atoms with E-state index in [1.165, 1.54) is 12.1 Å². The Morgan fingerprint density at radius 3 is 2.48 bits per heavy atom. The summed E-state index contributed by atoms with van der Waals surface area (Å²) in [7, 11) is 1.56. The van der Waals surface area contributed by atoms with Crippen molar-refractivity contribution in [1.29, 1.82) is 0 Å². The summed E-state index contributed by atoms with van der Waals surface area (Å²) in [6.45, 7) is 0. The van der Waals surface area contributed by atoms with Gasteiger partial charge in [-0.1, -0.05) is 0 Å². The van der Waals surface area contributed by atoms with Gasteiger partial charge in [0, 0.05) is 11.1 Å². The van der Waals surface area contributed by atoms with Crippen LogP contribution in [0.3, 0.4) is 0 Å². The van der Waals surface area contributed by atoms with Gasteiger partial charge in [0.2, 0.25) is 0 Å². The summed E-state index contributed by atoms with van der Waals surface area (Å²) in [6.07, 6.45) is 0. The first-order valence-electron chi connectivity index (χ1n) is 6.29. The Morgan fingerprint density at radius 2 is 1.81 bits per heavy atom. The van der Waals surface area contributed by atoms with E-state index in [0.717, 1.165) is 11.1 Å². The average molecular weight is 284 g/mol. The molecule has 0 atom stereocenters. The molecule has 21 heavy (non-hydrogen) atoms. The minimum atomic E-state index is -0.290. The van der Waals surface area contributed by atoms with Crippen molar-refractivity contribution in [3.05, 3.63) is 48.3 Å². The molecule has 0 saturated carbocycles. The van der Waals surface area contributed by atoms with Gasteiger partial charge in [-0.3, -0.25) is 5.10 Å². The zero-order valence-electron chi connectivity index (χ0n) is 11.3. The number of nitrogens with one attached hydrogen (secondary N) is 1. The predicted molar refractivity (Wildman–Crippen MR) is 78.2 cm³/mol. The van der Waals surface area contributed by atoms with E-state index >= 15 is 0 Å². The molecule has 0 aliphatic carbocycles. The molecule has 106 valence electrons. The Kier molecular flexibility index (Phi) is 3.27. The van der Waals surface area contributed by atoms with Crippen LogP contribution in [0, 0.1) is 5.82 Å². The van der Waals surface area contributed by atoms with Crippen molar-refractivity contribution in [1.82, 2.24) is 15.2 Å². The molecule has 0 unspecified atom stereocenters. The number of nitrogens with two attached hydrogens (primary N) is 1. The molecule has 0 aliphatic heterocycles. The maximum absolute atomic E-state index is 12.9. The number of hydrogen-bond donors (Lipinski definition) is 2. The number of ether oxygens (including phenoxy) is 1. The lowest BCUT2D eigenvalue weighted by molar-refractivity contribution is 0.417. The Morgan fingerprint density at radius 1 is 1.10 bits per heavy atom. The fraction of sp³-hybridized carbons (Fsp3) is 0.0667. The minimum absolute atomic E-state index is 0.290. The Hall–Kier alpha value is -2.89. The van der Waals surface area contributed by atoms with Gasteiger partial charge in [0.15, 0.2) is 11.6 Å². The third kappa shape index (κ3) is 2.55. The number of aromatic amines is 1. The zero-order valence-corrected chi connectivity index (χ0v) is 11.3. The van der Waals surface area contributed by atoms with Gasteiger partial charge in [-0.2, -0.15) is 5.10 Å². The molecule has 0 radical (unpaired) electrons. The molecule has 0 saturated heterocycles. The molecule has 0 amide bonds. The molecule has 2 aromatic carbocycles. The molecule has 5 nitrogen and oxygen atoms in total. The van der Waals surface area contributed by atoms with Crippen LogP contribution in [0.4, 0.5) is 10.1 Å². The summed E-state index contributed by atoms with van der Waals surface area (Å²) < 4.78 is 18.0. The van der Waals surface area contributed by atoms with Crippen molar-refractivity contribution >= 4 is 5.69 Å². The van der Waals surface area contributed by atoms with Gasteiger partial charge in [-0.15, -0.1) is 0 Å². The monoisotopic (exact) mass is 284 g/mol. The minimum Gasteiger partial charge on any atom is -0.495 e. The number of benzene rings is 2. The lowest BCUT2D eigenvalue weighted by Crippen LogP contribution is -1.93. The summed E-state index contributed by atoms with van der Waals surface area (Å²) >= 11 is 0. The second-order valence-corrected chi connectivity index (χ2v) is 4.47. The normalized spacial score (nSPS) is 10.6. The molecule has 0 fully saturated rings. The Balaban J connectivity index is 1.94. The molecule has 1 aromatic heterocycles. The molecule has 1 heterocycles. The van der Waals surface area contributed by atoms with Gasteiger partial charge in [-0.05, 0) is 42.5 Å². The number of H-pyrrole nitrogens is 1. The van der Waals surface area contributed by atoms with E-state index in [2.05, 4.69) is 15.2 Å². The van der Waals surface area contributed by atoms with Gasteiger partial charge in [0.05, 0.1) is 12.8 Å². The third-order valence-electron chi connectivity index (χ3n) is 3.09. The molecule has 0 bridgehead atoms. The van der Waals surface area contributed by atoms with Crippen LogP contribution in [-0.2, 0) is 0 Å². The van der Waals surface area contributed by atoms with E-state index in [4.69, 9.17) is 10.5 Å². The standard InChI is InChI=1S/C15H13FN4O/c1-21-13-7-4-10(8-12(13)17)15-18-14(19-20-15)9-2-5-11(16)6-3-9/h2-8H,17H2,1H3,(H,18,19,20). The summed E-state index contributed by atoms with van der Waals surface area (Å²) in [5.41, 5.74) is 7.92. The van der Waals surface area contributed by atoms with E-state index in [-0.39, 0.29) is 5.82 Å². The van der Waals surface area contributed by atoms with Crippen molar-refractivity contribution in [2.24, 2.45) is 0 Å². The number of aromatic nitrogens is 3. The predicted octanol–water partition coefficient (Wildman–Crippen LogP) is 2.87. The van der Waals surface area contributed by atoms with Crippen molar-refractivity contribution in [3.8, 4) is 28.5 Å². The van der Waals surface area contributed by atoms with E-state index in [1.807, 2.05) is 6.07 Å². The average Bonchev–Trinajstić information content (AvgIpc) is 2.98. The fourth-order valence-corrected chi connectivity index (χ4v) is 2.00. The van der Waals surface area contributed by atoms with Crippen LogP contribution in [-0.4, -0.2) is 22.3 Å². The number of methoxy groups -OCH3 is 1. The number of nitrogens with zero attached hydrogens (tertiary/aromatic N) is 2. The zero-order chi connectivity index (χ0) is 14.8. The SMILES string of the molecule is COc1ccc(-c2n[nH]c(-c3ccc(F)cc3)n2)cc1N. The lowest BCUT2D eigenvalue weighted by atomic mass is 10.1. The summed E-state index contributed by atoms with van der Waals surface area (Å²) in [5.74, 6) is 1.40. The van der Waals surface area contributed by atoms with Crippen LogP contribution in [0.15, 0.2) is 42.5 Å². The van der Waals surface area contributed by atoms with Crippen molar-refractivity contribution in [2.45, 2.75) is 0 Å². The van der Waals surface area contributed by atoms with Gasteiger partial charge in [0.1, 0.15) is 11.6 Å². The second-order valence-electron chi connectivity index (χ2n) is 4.47. The Labute approximate surface area is 120 Å². The maximum Gasteiger partial charge on any atom is 0.181 e. The largest absolute Gasteiger partial charge is 0.495 e. The van der Waals surface area contributed by atoms with Gasteiger partial charge >= 0.3 is 0 Å². The van der Waals surface area contributed by atoms with E-state index < -0.39 is 0 Å². The first kappa shape index (κ1) is 13.1. The number of nitrogen functional groups attached to an aromatic ring is 1. The maximum atomic E-state index is 12.9. The van der Waals surface area contributed by atoms with Crippen molar-refractivity contribution in [3.63, 3.8) is 0 Å². The third-order valence-corrected chi connectivity index (χ3v) is 3.09. The molecular weight excluding hydrogens is 271 g/mol. The number of halogens is 1. The van der Waals surface area contributed by atoms with E-state index in [1.54, 1.807) is 31.4 Å². The van der Waals surface area contributed by atoms with E-state index in [9.17, 15) is 4.39 Å². The highest BCUT2D eigenvalue weighted by molar-refractivity contribution is 5.67. The lowest BCUT2D eigenvalue weighted by Gasteiger charge is -2.04. The summed E-state index contributed by atoms with van der Waals surface area (Å²) in [5, 5.41) is 6.99. The highest BCUT2D eigenvalue weighted by Gasteiger charge is 2.09. The van der Waals surface area contributed by atoms with Crippen LogP contribution in [0.2, 0.25) is 0 Å². The Bertz CT molecular complexity index is 768. The van der Waals surface area contributed by atoms with Gasteiger partial charge < -0.3 is 10.5 Å². The smallest absolute Gasteiger partial charge is 0.181 e. The van der Waals surface area contributed by atoms with Crippen molar-refractivity contribution in [2.75, 3.05) is 12.8 Å². The highest BCUT2D eigenvalue weighted by atomic mass is 19.1. The van der Waals surface area contributed by atoms with Crippen LogP contribution in [0.25, 0.3) is 22.8 Å². The second kappa shape index (κ2) is 5.24. The number of anilines is 1. The first-order valence-corrected chi connectivity index (χ1v) is 6.29. The quantitative estimate of drug-likeness (QED) is 0.725. The van der Waals surface area contributed by atoms with Crippen LogP contribution in [0.1, 0.15) is 0 Å². The molecule has 3 rings (SSSR count). The molecule has 3 N–H and O–H groups in total. The molecular formula is C15H13FN4O. The van der Waals surface area contributed by atoms with E-state index in [0.29, 0.717) is 23.1 Å². The topological polar surface area (TPSA) is 76.8 Å². The van der Waals surface area contributed by atoms with Crippen molar-refractivity contribution < 1.29 is 9.13 Å². The summed E-state index contributed by atoms with van der Waals surface area (Å²) in [4.78, 5) is 4.39. The number of hydrogen-bond acceptors (Lipinski definition) is 4. The first-order chi connectivity index (χ1) is 10.2. The molecule has 0 aliphatic rings. The number of rotatable bonds is 3. The summed E-state index contributed by atoms with van der Waals surface area (Å²) in [6, 6.07) is 11.4. The van der Waals surface area contributed by atoms with Crippen LogP contribution < -0.4 is 10.5 Å².